The number of thiazole rings is 1. The summed E-state index contributed by atoms with van der Waals surface area (Å²) in [5.41, 5.74) is 1.92. The summed E-state index contributed by atoms with van der Waals surface area (Å²) in [6.45, 7) is 2.81. The lowest BCUT2D eigenvalue weighted by Crippen LogP contribution is -2.38. The maximum absolute atomic E-state index is 12.8. The van der Waals surface area contributed by atoms with Gasteiger partial charge in [0.15, 0.2) is 10.7 Å². The lowest BCUT2D eigenvalue weighted by Gasteiger charge is -2.26. The summed E-state index contributed by atoms with van der Waals surface area (Å²) in [7, 11) is 0. The van der Waals surface area contributed by atoms with Crippen molar-refractivity contribution in [1.29, 1.82) is 0 Å². The Morgan fingerprint density at radius 1 is 1.36 bits per heavy atom. The van der Waals surface area contributed by atoms with Crippen LogP contribution < -0.4 is 11.1 Å². The summed E-state index contributed by atoms with van der Waals surface area (Å²) >= 11 is 1.32. The minimum absolute atomic E-state index is 0.0854. The van der Waals surface area contributed by atoms with Gasteiger partial charge in [0.1, 0.15) is 6.54 Å². The molecule has 10 heteroatoms. The first-order chi connectivity index (χ1) is 13.5. The monoisotopic (exact) mass is 402 g/mol. The average molecular weight is 402 g/mol. The van der Waals surface area contributed by atoms with Gasteiger partial charge in [-0.2, -0.15) is 0 Å². The Morgan fingerprint density at radius 3 is 3.00 bits per heavy atom. The number of nitrogens with zero attached hydrogens (tertiary/aromatic N) is 3. The van der Waals surface area contributed by atoms with Crippen LogP contribution in [0.3, 0.4) is 0 Å². The van der Waals surface area contributed by atoms with E-state index in [2.05, 4.69) is 10.3 Å². The van der Waals surface area contributed by atoms with Crippen molar-refractivity contribution in [3.05, 3.63) is 45.4 Å². The summed E-state index contributed by atoms with van der Waals surface area (Å²) < 4.78 is 11.4. The van der Waals surface area contributed by atoms with Crippen LogP contribution in [0.5, 0.6) is 0 Å². The highest BCUT2D eigenvalue weighted by Gasteiger charge is 2.25. The molecule has 0 atom stereocenters. The molecule has 9 nitrogen and oxygen atoms in total. The number of para-hydroxylation sites is 2. The third kappa shape index (κ3) is 3.50. The highest BCUT2D eigenvalue weighted by molar-refractivity contribution is 7.15. The lowest BCUT2D eigenvalue weighted by molar-refractivity contribution is -0.132. The second-order valence-corrected chi connectivity index (χ2v) is 7.31. The molecule has 1 aromatic carbocycles. The standard InChI is InChI=1S/C18H18N4O5S/c1-2-26-17(24)20-16-19-11-7-8-21(9-14(11)28-16)15(23)10-22-12-5-3-4-6-13(12)27-18(22)25/h3-6H,2,7-10H2,1H3,(H,19,20,24). The molecule has 0 unspecified atom stereocenters. The molecule has 2 aromatic heterocycles. The molecule has 0 saturated heterocycles. The van der Waals surface area contributed by atoms with Gasteiger partial charge in [0.25, 0.3) is 0 Å². The van der Waals surface area contributed by atoms with Crippen molar-refractivity contribution in [2.24, 2.45) is 0 Å². The van der Waals surface area contributed by atoms with E-state index in [0.29, 0.717) is 35.7 Å². The second-order valence-electron chi connectivity index (χ2n) is 6.22. The number of amides is 2. The summed E-state index contributed by atoms with van der Waals surface area (Å²) in [5, 5.41) is 3.05. The average Bonchev–Trinajstić information content (AvgIpc) is 3.21. The highest BCUT2D eigenvalue weighted by Crippen LogP contribution is 2.28. The maximum atomic E-state index is 12.8. The van der Waals surface area contributed by atoms with Crippen molar-refractivity contribution >= 4 is 39.6 Å². The number of oxazole rings is 1. The Balaban J connectivity index is 1.47. The molecular formula is C18H18N4O5S. The summed E-state index contributed by atoms with van der Waals surface area (Å²) in [6, 6.07) is 7.01. The Morgan fingerprint density at radius 2 is 2.18 bits per heavy atom. The van der Waals surface area contributed by atoms with Gasteiger partial charge in [-0.15, -0.1) is 0 Å². The molecule has 3 heterocycles. The predicted octanol–water partition coefficient (Wildman–Crippen LogP) is 2.20. The van der Waals surface area contributed by atoms with Crippen molar-refractivity contribution in [2.45, 2.75) is 26.4 Å². The number of benzene rings is 1. The number of anilines is 1. The van der Waals surface area contributed by atoms with E-state index in [0.717, 1.165) is 10.6 Å². The number of fused-ring (bicyclic) bond motifs is 2. The van der Waals surface area contributed by atoms with Crippen LogP contribution >= 0.6 is 11.3 Å². The van der Waals surface area contributed by atoms with Crippen molar-refractivity contribution in [2.75, 3.05) is 18.5 Å². The van der Waals surface area contributed by atoms with E-state index < -0.39 is 11.8 Å². The molecule has 1 aliphatic heterocycles. The van der Waals surface area contributed by atoms with Crippen LogP contribution in [0.25, 0.3) is 11.1 Å². The Labute approximate surface area is 163 Å². The minimum Gasteiger partial charge on any atom is -0.450 e. The number of hydrogen-bond donors (Lipinski definition) is 1. The van der Waals surface area contributed by atoms with Crippen LogP contribution in [-0.4, -0.2) is 39.6 Å². The quantitative estimate of drug-likeness (QED) is 0.717. The van der Waals surface area contributed by atoms with Crippen LogP contribution in [0.15, 0.2) is 33.5 Å². The number of carbonyl (C=O) groups is 2. The predicted molar refractivity (Wildman–Crippen MR) is 102 cm³/mol. The molecule has 146 valence electrons. The van der Waals surface area contributed by atoms with Crippen LogP contribution in [0.2, 0.25) is 0 Å². The molecule has 4 rings (SSSR count). The Kier molecular flexibility index (Phi) is 4.86. The summed E-state index contributed by atoms with van der Waals surface area (Å²) in [6.07, 6.45) is 0.0380. The van der Waals surface area contributed by atoms with Crippen LogP contribution in [0.4, 0.5) is 9.93 Å². The van der Waals surface area contributed by atoms with E-state index in [-0.39, 0.29) is 19.1 Å². The van der Waals surface area contributed by atoms with E-state index in [1.54, 1.807) is 36.1 Å². The van der Waals surface area contributed by atoms with E-state index in [1.807, 2.05) is 0 Å². The van der Waals surface area contributed by atoms with Gasteiger partial charge in [-0.05, 0) is 19.1 Å². The first-order valence-electron chi connectivity index (χ1n) is 8.83. The van der Waals surface area contributed by atoms with Crippen molar-refractivity contribution in [3.63, 3.8) is 0 Å². The van der Waals surface area contributed by atoms with E-state index in [1.165, 1.54) is 15.9 Å². The molecule has 1 aliphatic rings. The highest BCUT2D eigenvalue weighted by atomic mass is 32.1. The van der Waals surface area contributed by atoms with E-state index in [9.17, 15) is 14.4 Å². The van der Waals surface area contributed by atoms with Crippen LogP contribution in [0.1, 0.15) is 17.5 Å². The molecule has 0 bridgehead atoms. The van der Waals surface area contributed by atoms with Gasteiger partial charge in [-0.3, -0.25) is 14.7 Å². The fraction of sp³-hybridized carbons (Fsp3) is 0.333. The number of carbonyl (C=O) groups excluding carboxylic acids is 2. The Bertz CT molecular complexity index is 1100. The largest absolute Gasteiger partial charge is 0.450 e. The van der Waals surface area contributed by atoms with Crippen molar-refractivity contribution in [3.8, 4) is 0 Å². The minimum atomic E-state index is -0.550. The van der Waals surface area contributed by atoms with Gasteiger partial charge in [0, 0.05) is 17.8 Å². The van der Waals surface area contributed by atoms with E-state index in [4.69, 9.17) is 9.15 Å². The zero-order valence-corrected chi connectivity index (χ0v) is 16.0. The summed E-state index contributed by atoms with van der Waals surface area (Å²) in [4.78, 5) is 43.4. The molecule has 28 heavy (non-hydrogen) atoms. The lowest BCUT2D eigenvalue weighted by atomic mass is 10.2. The fourth-order valence-electron chi connectivity index (χ4n) is 3.12. The smallest absolute Gasteiger partial charge is 0.420 e. The fourth-order valence-corrected chi connectivity index (χ4v) is 4.12. The first-order valence-corrected chi connectivity index (χ1v) is 9.65. The zero-order chi connectivity index (χ0) is 19.7. The van der Waals surface area contributed by atoms with Crippen LogP contribution in [0, 0.1) is 0 Å². The van der Waals surface area contributed by atoms with Gasteiger partial charge in [0.05, 0.1) is 24.4 Å². The van der Waals surface area contributed by atoms with Gasteiger partial charge in [-0.25, -0.2) is 14.6 Å². The molecule has 1 N–H and O–H groups in total. The number of nitrogens with one attached hydrogen (secondary N) is 1. The molecular weight excluding hydrogens is 384 g/mol. The third-order valence-electron chi connectivity index (χ3n) is 4.44. The van der Waals surface area contributed by atoms with Crippen molar-refractivity contribution in [1.82, 2.24) is 14.5 Å². The molecule has 3 aromatic rings. The molecule has 0 fully saturated rings. The molecule has 0 radical (unpaired) electrons. The zero-order valence-electron chi connectivity index (χ0n) is 15.1. The topological polar surface area (TPSA) is 107 Å². The molecule has 0 spiro atoms. The Hall–Kier alpha value is -3.14. The van der Waals surface area contributed by atoms with Crippen molar-refractivity contribution < 1.29 is 18.7 Å². The first kappa shape index (κ1) is 18.2. The number of ether oxygens (including phenoxy) is 1. The van der Waals surface area contributed by atoms with E-state index >= 15 is 0 Å². The number of aromatic nitrogens is 2. The van der Waals surface area contributed by atoms with Gasteiger partial charge < -0.3 is 14.1 Å². The number of rotatable bonds is 4. The van der Waals surface area contributed by atoms with Crippen LogP contribution in [-0.2, 0) is 29.0 Å². The normalized spacial score (nSPS) is 13.4. The molecule has 0 aliphatic carbocycles. The van der Waals surface area contributed by atoms with Gasteiger partial charge in [0.2, 0.25) is 5.91 Å². The van der Waals surface area contributed by atoms with Gasteiger partial charge in [-0.1, -0.05) is 23.5 Å². The van der Waals surface area contributed by atoms with Gasteiger partial charge >= 0.3 is 11.8 Å². The third-order valence-corrected chi connectivity index (χ3v) is 5.43. The SMILES string of the molecule is CCOC(=O)Nc1nc2c(s1)CN(C(=O)Cn1c(=O)oc3ccccc31)CC2. The summed E-state index contributed by atoms with van der Waals surface area (Å²) in [5.74, 6) is -0.724. The molecule has 2 amide bonds. The number of hydrogen-bond acceptors (Lipinski definition) is 7. The second kappa shape index (κ2) is 7.47. The maximum Gasteiger partial charge on any atom is 0.420 e. The molecule has 0 saturated carbocycles.